The van der Waals surface area contributed by atoms with Gasteiger partial charge in [0, 0.05) is 7.05 Å². The third kappa shape index (κ3) is 1.50. The van der Waals surface area contributed by atoms with Crippen LogP contribution in [-0.4, -0.2) is 24.7 Å². The van der Waals surface area contributed by atoms with Crippen LogP contribution in [0.3, 0.4) is 0 Å². The highest BCUT2D eigenvalue weighted by molar-refractivity contribution is 6.38. The van der Waals surface area contributed by atoms with Gasteiger partial charge in [0.25, 0.3) is 5.91 Å². The van der Waals surface area contributed by atoms with Crippen molar-refractivity contribution in [3.8, 4) is 0 Å². The quantitative estimate of drug-likeness (QED) is 0.412. The molecule has 0 bridgehead atoms. The molecule has 0 aromatic heterocycles. The smallest absolute Gasteiger partial charge is 0.273 e. The van der Waals surface area contributed by atoms with Gasteiger partial charge in [-0.25, -0.2) is 4.79 Å². The Hall–Kier alpha value is -2.19. The number of amides is 1. The number of anilines is 1. The topological polar surface area (TPSA) is 54.5 Å². The number of aryl methyl sites for hydroxylation is 1. The molecule has 0 fully saturated rings. The van der Waals surface area contributed by atoms with Gasteiger partial charge in [0.2, 0.25) is 5.78 Å². The molecule has 0 saturated carbocycles. The van der Waals surface area contributed by atoms with E-state index in [4.69, 9.17) is 0 Å². The van der Waals surface area contributed by atoms with E-state index in [2.05, 4.69) is 0 Å². The van der Waals surface area contributed by atoms with Gasteiger partial charge in [-0.05, 0) is 18.1 Å². The van der Waals surface area contributed by atoms with Gasteiger partial charge in [-0.2, -0.15) is 0 Å². The summed E-state index contributed by atoms with van der Waals surface area (Å²) in [5, 5.41) is 0. The molecule has 0 spiro atoms. The van der Waals surface area contributed by atoms with E-state index in [1.54, 1.807) is 19.2 Å². The largest absolute Gasteiger partial charge is 0.310 e. The van der Waals surface area contributed by atoms with Crippen molar-refractivity contribution < 1.29 is 14.4 Å². The van der Waals surface area contributed by atoms with E-state index >= 15 is 0 Å². The number of Topliss-reactive ketones (excluding diaryl/α,β-unsaturated/α-hetero) is 1. The van der Waals surface area contributed by atoms with Crippen LogP contribution in [0.25, 0.3) is 0 Å². The van der Waals surface area contributed by atoms with E-state index in [0.29, 0.717) is 17.7 Å². The van der Waals surface area contributed by atoms with Crippen LogP contribution in [-0.2, 0) is 16.0 Å². The maximum absolute atomic E-state index is 12.0. The third-order valence-electron chi connectivity index (χ3n) is 2.95. The van der Waals surface area contributed by atoms with Gasteiger partial charge in [0.05, 0.1) is 11.3 Å². The summed E-state index contributed by atoms with van der Waals surface area (Å²) in [5.41, 5.74) is 1.41. The molecule has 1 amide bonds. The van der Waals surface area contributed by atoms with Crippen LogP contribution in [0.5, 0.6) is 0 Å². The first-order chi connectivity index (χ1) is 8.11. The fraction of sp³-hybridized carbons (Fsp3) is 0.231. The lowest BCUT2D eigenvalue weighted by Crippen LogP contribution is -2.37. The highest BCUT2D eigenvalue weighted by atomic mass is 16.2. The summed E-state index contributed by atoms with van der Waals surface area (Å²) in [7, 11) is 1.55. The summed E-state index contributed by atoms with van der Waals surface area (Å²) in [6.45, 7) is 1.92. The van der Waals surface area contributed by atoms with E-state index in [-0.39, 0.29) is 0 Å². The van der Waals surface area contributed by atoms with E-state index in [9.17, 15) is 14.4 Å². The zero-order chi connectivity index (χ0) is 12.6. The average molecular weight is 229 g/mol. The minimum atomic E-state index is -0.592. The lowest BCUT2D eigenvalue weighted by atomic mass is 9.91. The van der Waals surface area contributed by atoms with E-state index in [0.717, 1.165) is 5.56 Å². The maximum Gasteiger partial charge on any atom is 0.273 e. The summed E-state index contributed by atoms with van der Waals surface area (Å²) in [4.78, 5) is 35.8. The number of likely N-dealkylation sites (N-methyl/N-ethyl adjacent to an activating group) is 1. The molecule has 0 atom stereocenters. The Bertz CT molecular complexity index is 568. The molecule has 0 aliphatic carbocycles. The third-order valence-corrected chi connectivity index (χ3v) is 2.95. The predicted octanol–water partition coefficient (Wildman–Crippen LogP) is 1.17. The molecule has 0 N–H and O–H groups in total. The van der Waals surface area contributed by atoms with Crippen molar-refractivity contribution in [3.63, 3.8) is 0 Å². The Balaban J connectivity index is 2.77. The van der Waals surface area contributed by atoms with E-state index < -0.39 is 17.3 Å². The van der Waals surface area contributed by atoms with Gasteiger partial charge in [-0.1, -0.05) is 19.1 Å². The molecule has 2 rings (SSSR count). The van der Waals surface area contributed by atoms with Gasteiger partial charge in [0.15, 0.2) is 5.57 Å². The van der Waals surface area contributed by atoms with Crippen molar-refractivity contribution >= 4 is 23.3 Å². The molecule has 17 heavy (non-hydrogen) atoms. The molecule has 0 unspecified atom stereocenters. The van der Waals surface area contributed by atoms with Crippen LogP contribution in [0.2, 0.25) is 0 Å². The Morgan fingerprint density at radius 1 is 1.29 bits per heavy atom. The Morgan fingerprint density at radius 3 is 2.59 bits per heavy atom. The number of fused-ring (bicyclic) bond motifs is 1. The Kier molecular flexibility index (Phi) is 2.66. The Morgan fingerprint density at radius 2 is 2.00 bits per heavy atom. The lowest BCUT2D eigenvalue weighted by Gasteiger charge is -2.26. The van der Waals surface area contributed by atoms with Crippen LogP contribution >= 0.6 is 0 Å². The zero-order valence-corrected chi connectivity index (χ0v) is 9.61. The zero-order valence-electron chi connectivity index (χ0n) is 9.61. The minimum Gasteiger partial charge on any atom is -0.310 e. The molecular weight excluding hydrogens is 218 g/mol. The van der Waals surface area contributed by atoms with Gasteiger partial charge in [-0.15, -0.1) is 0 Å². The number of benzene rings is 1. The van der Waals surface area contributed by atoms with Crippen LogP contribution in [0, 0.1) is 0 Å². The molecule has 86 valence electrons. The summed E-state index contributed by atoms with van der Waals surface area (Å²) < 4.78 is 0. The van der Waals surface area contributed by atoms with Gasteiger partial charge < -0.3 is 4.90 Å². The lowest BCUT2D eigenvalue weighted by molar-refractivity contribution is -0.114. The maximum atomic E-state index is 12.0. The van der Waals surface area contributed by atoms with E-state index in [1.165, 1.54) is 10.8 Å². The first-order valence-electron chi connectivity index (χ1n) is 5.31. The van der Waals surface area contributed by atoms with Crippen molar-refractivity contribution in [3.05, 3.63) is 34.9 Å². The van der Waals surface area contributed by atoms with Gasteiger partial charge >= 0.3 is 0 Å². The number of hydrogen-bond acceptors (Lipinski definition) is 3. The van der Waals surface area contributed by atoms with Crippen molar-refractivity contribution in [1.29, 1.82) is 0 Å². The first-order valence-corrected chi connectivity index (χ1v) is 5.31. The molecule has 1 aromatic rings. The van der Waals surface area contributed by atoms with Gasteiger partial charge in [0.1, 0.15) is 5.94 Å². The summed E-state index contributed by atoms with van der Waals surface area (Å²) in [6, 6.07) is 5.32. The number of carbonyl (C=O) groups excluding carboxylic acids is 3. The second-order valence-corrected chi connectivity index (χ2v) is 3.84. The standard InChI is InChI=1S/C13H11NO3/c1-3-8-5-4-6-10-11(8)12(16)9(7-15)13(17)14(10)2/h4-6H,3H2,1-2H3. The second kappa shape index (κ2) is 4.00. The monoisotopic (exact) mass is 229 g/mol. The summed E-state index contributed by atoms with van der Waals surface area (Å²) in [6.07, 6.45) is 0.670. The Labute approximate surface area is 98.5 Å². The molecular formula is C13H11NO3. The van der Waals surface area contributed by atoms with Crippen molar-refractivity contribution in [2.45, 2.75) is 13.3 Å². The van der Waals surface area contributed by atoms with Crippen LogP contribution in [0.1, 0.15) is 22.8 Å². The van der Waals surface area contributed by atoms with Crippen molar-refractivity contribution in [1.82, 2.24) is 0 Å². The first kappa shape index (κ1) is 11.3. The van der Waals surface area contributed by atoms with Crippen LogP contribution in [0.4, 0.5) is 5.69 Å². The molecule has 4 heteroatoms. The predicted molar refractivity (Wildman–Crippen MR) is 62.8 cm³/mol. The normalized spacial score (nSPS) is 14.7. The molecule has 4 nitrogen and oxygen atoms in total. The summed E-state index contributed by atoms with van der Waals surface area (Å²) in [5.74, 6) is 0.342. The number of carbonyl (C=O) groups is 2. The van der Waals surface area contributed by atoms with Gasteiger partial charge in [-0.3, -0.25) is 9.59 Å². The number of nitrogens with zero attached hydrogens (tertiary/aromatic N) is 1. The van der Waals surface area contributed by atoms with E-state index in [1.807, 2.05) is 13.0 Å². The highest BCUT2D eigenvalue weighted by Gasteiger charge is 2.35. The SMILES string of the molecule is CCc1cccc2c1C(=O)C(=C=O)C(=O)N2C. The molecule has 1 aliphatic rings. The average Bonchev–Trinajstić information content (AvgIpc) is 2.36. The molecule has 1 heterocycles. The number of hydrogen-bond donors (Lipinski definition) is 0. The molecule has 1 aliphatic heterocycles. The number of ketones is 1. The van der Waals surface area contributed by atoms with Crippen molar-refractivity contribution in [2.24, 2.45) is 0 Å². The fourth-order valence-electron chi connectivity index (χ4n) is 2.01. The molecule has 1 aromatic carbocycles. The number of rotatable bonds is 1. The minimum absolute atomic E-state index is 0.416. The summed E-state index contributed by atoms with van der Waals surface area (Å²) >= 11 is 0. The van der Waals surface area contributed by atoms with Crippen LogP contribution < -0.4 is 4.90 Å². The van der Waals surface area contributed by atoms with Crippen LogP contribution in [0.15, 0.2) is 23.8 Å². The molecule has 0 radical (unpaired) electrons. The fourth-order valence-corrected chi connectivity index (χ4v) is 2.01. The molecule has 0 saturated heterocycles. The van der Waals surface area contributed by atoms with Crippen molar-refractivity contribution in [2.75, 3.05) is 11.9 Å². The highest BCUT2D eigenvalue weighted by Crippen LogP contribution is 2.31. The second-order valence-electron chi connectivity index (χ2n) is 3.84.